The molecule has 98 valence electrons. The number of hydrogen-bond donors (Lipinski definition) is 1. The van der Waals surface area contributed by atoms with E-state index >= 15 is 0 Å². The van der Waals surface area contributed by atoms with Gasteiger partial charge >= 0.3 is 0 Å². The molecule has 0 saturated heterocycles. The van der Waals surface area contributed by atoms with Crippen molar-refractivity contribution < 1.29 is 4.42 Å². The number of aromatic nitrogens is 1. The third-order valence-corrected chi connectivity index (χ3v) is 3.00. The summed E-state index contributed by atoms with van der Waals surface area (Å²) >= 11 is 0. The Morgan fingerprint density at radius 2 is 2.11 bits per heavy atom. The van der Waals surface area contributed by atoms with E-state index in [1.54, 1.807) is 0 Å². The van der Waals surface area contributed by atoms with Crippen molar-refractivity contribution in [2.24, 2.45) is 0 Å². The summed E-state index contributed by atoms with van der Waals surface area (Å²) in [5.74, 6) is 0.739. The van der Waals surface area contributed by atoms with E-state index < -0.39 is 0 Å². The first-order valence-corrected chi connectivity index (χ1v) is 6.74. The van der Waals surface area contributed by atoms with Crippen LogP contribution in [0.5, 0.6) is 0 Å². The molecule has 0 fully saturated rings. The van der Waals surface area contributed by atoms with Gasteiger partial charge in [0, 0.05) is 13.0 Å². The monoisotopic (exact) mass is 246 g/mol. The van der Waals surface area contributed by atoms with Crippen molar-refractivity contribution in [1.82, 2.24) is 10.3 Å². The first kappa shape index (κ1) is 13.1. The molecule has 2 rings (SSSR count). The fourth-order valence-corrected chi connectivity index (χ4v) is 2.09. The molecule has 1 N–H and O–H groups in total. The lowest BCUT2D eigenvalue weighted by Gasteiger charge is -2.07. The van der Waals surface area contributed by atoms with Crippen LogP contribution in [0.3, 0.4) is 0 Å². The number of hydrogen-bond acceptors (Lipinski definition) is 3. The molecular weight excluding hydrogens is 224 g/mol. The fourth-order valence-electron chi connectivity index (χ4n) is 2.09. The van der Waals surface area contributed by atoms with Crippen molar-refractivity contribution in [2.45, 2.75) is 46.1 Å². The molecule has 18 heavy (non-hydrogen) atoms. The second-order valence-corrected chi connectivity index (χ2v) is 5.10. The van der Waals surface area contributed by atoms with Crippen LogP contribution in [0, 0.1) is 6.92 Å². The van der Waals surface area contributed by atoms with Gasteiger partial charge in [-0.25, -0.2) is 4.98 Å². The molecule has 2 aromatic rings. The second kappa shape index (κ2) is 6.01. The number of benzene rings is 1. The van der Waals surface area contributed by atoms with Crippen molar-refractivity contribution in [3.63, 3.8) is 0 Å². The fraction of sp³-hybridized carbons (Fsp3) is 0.533. The molecule has 0 aliphatic heterocycles. The van der Waals surface area contributed by atoms with Gasteiger partial charge in [-0.05, 0) is 43.5 Å². The Morgan fingerprint density at radius 1 is 1.28 bits per heavy atom. The molecule has 0 saturated carbocycles. The topological polar surface area (TPSA) is 38.1 Å². The zero-order chi connectivity index (χ0) is 13.0. The predicted octanol–water partition coefficient (Wildman–Crippen LogP) is 3.46. The Kier molecular flexibility index (Phi) is 4.37. The number of rotatable bonds is 6. The van der Waals surface area contributed by atoms with Gasteiger partial charge in [-0.1, -0.05) is 19.9 Å². The molecule has 1 aromatic carbocycles. The Bertz CT molecular complexity index is 502. The van der Waals surface area contributed by atoms with E-state index in [-0.39, 0.29) is 0 Å². The molecule has 0 spiro atoms. The summed E-state index contributed by atoms with van der Waals surface area (Å²) in [6.07, 6.45) is 3.54. The van der Waals surface area contributed by atoms with Crippen molar-refractivity contribution in [3.05, 3.63) is 29.7 Å². The summed E-state index contributed by atoms with van der Waals surface area (Å²) in [6, 6.07) is 6.89. The van der Waals surface area contributed by atoms with Gasteiger partial charge in [0.05, 0.1) is 0 Å². The highest BCUT2D eigenvalue weighted by Gasteiger charge is 2.03. The van der Waals surface area contributed by atoms with Gasteiger partial charge < -0.3 is 9.73 Å². The SMILES string of the molecule is Cc1nc2cc(CCCCNC(C)C)ccc2o1. The molecule has 0 unspecified atom stereocenters. The normalized spacial score (nSPS) is 11.6. The molecule has 0 amide bonds. The van der Waals surface area contributed by atoms with E-state index in [0.29, 0.717) is 6.04 Å². The van der Waals surface area contributed by atoms with Crippen LogP contribution < -0.4 is 5.32 Å². The van der Waals surface area contributed by atoms with Gasteiger partial charge in [0.25, 0.3) is 0 Å². The van der Waals surface area contributed by atoms with E-state index in [9.17, 15) is 0 Å². The minimum atomic E-state index is 0.583. The van der Waals surface area contributed by atoms with E-state index in [0.717, 1.165) is 30.0 Å². The van der Waals surface area contributed by atoms with Crippen molar-refractivity contribution in [2.75, 3.05) is 6.54 Å². The highest BCUT2D eigenvalue weighted by atomic mass is 16.3. The van der Waals surface area contributed by atoms with Crippen LogP contribution in [-0.2, 0) is 6.42 Å². The summed E-state index contributed by atoms with van der Waals surface area (Å²) in [4.78, 5) is 4.36. The lowest BCUT2D eigenvalue weighted by atomic mass is 10.1. The zero-order valence-corrected chi connectivity index (χ0v) is 11.5. The molecule has 1 heterocycles. The van der Waals surface area contributed by atoms with E-state index in [1.807, 2.05) is 13.0 Å². The van der Waals surface area contributed by atoms with Crippen LogP contribution in [0.25, 0.3) is 11.1 Å². The Morgan fingerprint density at radius 3 is 2.89 bits per heavy atom. The van der Waals surface area contributed by atoms with Crippen LogP contribution in [-0.4, -0.2) is 17.6 Å². The average molecular weight is 246 g/mol. The predicted molar refractivity (Wildman–Crippen MR) is 74.8 cm³/mol. The summed E-state index contributed by atoms with van der Waals surface area (Å²) in [5.41, 5.74) is 3.21. The van der Waals surface area contributed by atoms with Crippen molar-refractivity contribution >= 4 is 11.1 Å². The Labute approximate surface area is 109 Å². The standard InChI is InChI=1S/C15H22N2O/c1-11(2)16-9-5-4-6-13-7-8-15-14(10-13)17-12(3)18-15/h7-8,10-11,16H,4-6,9H2,1-3H3. The number of fused-ring (bicyclic) bond motifs is 1. The molecule has 0 atom stereocenters. The molecule has 0 radical (unpaired) electrons. The first-order chi connectivity index (χ1) is 8.65. The van der Waals surface area contributed by atoms with Gasteiger partial charge in [-0.3, -0.25) is 0 Å². The van der Waals surface area contributed by atoms with Crippen molar-refractivity contribution in [3.8, 4) is 0 Å². The lowest BCUT2D eigenvalue weighted by molar-refractivity contribution is 0.557. The molecular formula is C15H22N2O. The molecule has 1 aromatic heterocycles. The maximum atomic E-state index is 5.47. The van der Waals surface area contributed by atoms with Gasteiger partial charge in [-0.2, -0.15) is 0 Å². The summed E-state index contributed by atoms with van der Waals surface area (Å²) < 4.78 is 5.47. The third kappa shape index (κ3) is 3.57. The summed E-state index contributed by atoms with van der Waals surface area (Å²) in [5, 5.41) is 3.44. The highest BCUT2D eigenvalue weighted by Crippen LogP contribution is 2.17. The summed E-state index contributed by atoms with van der Waals surface area (Å²) in [6.45, 7) is 7.35. The molecule has 3 heteroatoms. The average Bonchev–Trinajstić information content (AvgIpc) is 2.67. The number of oxazole rings is 1. The van der Waals surface area contributed by atoms with Gasteiger partial charge in [-0.15, -0.1) is 0 Å². The molecule has 3 nitrogen and oxygen atoms in total. The number of nitrogens with one attached hydrogen (secondary N) is 1. The Hall–Kier alpha value is -1.35. The van der Waals surface area contributed by atoms with Crippen LogP contribution >= 0.6 is 0 Å². The van der Waals surface area contributed by atoms with Gasteiger partial charge in [0.15, 0.2) is 11.5 Å². The van der Waals surface area contributed by atoms with Crippen LogP contribution in [0.2, 0.25) is 0 Å². The maximum Gasteiger partial charge on any atom is 0.192 e. The largest absolute Gasteiger partial charge is 0.441 e. The number of aryl methyl sites for hydroxylation is 2. The van der Waals surface area contributed by atoms with Gasteiger partial charge in [0.1, 0.15) is 5.52 Å². The first-order valence-electron chi connectivity index (χ1n) is 6.74. The lowest BCUT2D eigenvalue weighted by Crippen LogP contribution is -2.23. The quantitative estimate of drug-likeness (QED) is 0.793. The third-order valence-electron chi connectivity index (χ3n) is 3.00. The van der Waals surface area contributed by atoms with Crippen LogP contribution in [0.4, 0.5) is 0 Å². The number of nitrogens with zero attached hydrogens (tertiary/aromatic N) is 1. The minimum Gasteiger partial charge on any atom is -0.441 e. The molecule has 0 bridgehead atoms. The van der Waals surface area contributed by atoms with Gasteiger partial charge in [0.2, 0.25) is 0 Å². The van der Waals surface area contributed by atoms with Crippen LogP contribution in [0.1, 0.15) is 38.1 Å². The van der Waals surface area contributed by atoms with Crippen LogP contribution in [0.15, 0.2) is 22.6 Å². The maximum absolute atomic E-state index is 5.47. The van der Waals surface area contributed by atoms with E-state index in [2.05, 4.69) is 36.3 Å². The zero-order valence-electron chi connectivity index (χ0n) is 11.5. The number of unbranched alkanes of at least 4 members (excludes halogenated alkanes) is 1. The second-order valence-electron chi connectivity index (χ2n) is 5.10. The highest BCUT2D eigenvalue weighted by molar-refractivity contribution is 5.73. The van der Waals surface area contributed by atoms with E-state index in [1.165, 1.54) is 18.4 Å². The smallest absolute Gasteiger partial charge is 0.192 e. The summed E-state index contributed by atoms with van der Waals surface area (Å²) in [7, 11) is 0. The molecule has 0 aliphatic rings. The van der Waals surface area contributed by atoms with E-state index in [4.69, 9.17) is 4.42 Å². The molecule has 0 aliphatic carbocycles. The Balaban J connectivity index is 1.84. The van der Waals surface area contributed by atoms with Crippen molar-refractivity contribution in [1.29, 1.82) is 0 Å². The minimum absolute atomic E-state index is 0.583.